The molecule has 1 fully saturated rings. The second-order valence-electron chi connectivity index (χ2n) is 5.81. The Morgan fingerprint density at radius 1 is 1.10 bits per heavy atom. The van der Waals surface area contributed by atoms with Crippen LogP contribution in [0.15, 0.2) is 29.2 Å². The fourth-order valence-electron chi connectivity index (χ4n) is 2.83. The highest BCUT2D eigenvalue weighted by Gasteiger charge is 2.26. The summed E-state index contributed by atoms with van der Waals surface area (Å²) in [7, 11) is -1.98. The first-order chi connectivity index (χ1) is 9.44. The van der Waals surface area contributed by atoms with Gasteiger partial charge in [-0.25, -0.2) is 13.1 Å². The lowest BCUT2D eigenvalue weighted by atomic mass is 9.79. The van der Waals surface area contributed by atoms with E-state index in [9.17, 15) is 8.42 Å². The van der Waals surface area contributed by atoms with E-state index in [2.05, 4.69) is 23.9 Å². The summed E-state index contributed by atoms with van der Waals surface area (Å²) < 4.78 is 26.4. The van der Waals surface area contributed by atoms with Gasteiger partial charge in [0.05, 0.1) is 5.69 Å². The molecule has 0 aromatic heterocycles. The predicted molar refractivity (Wildman–Crippen MR) is 82.3 cm³/mol. The molecule has 4 nitrogen and oxygen atoms in total. The molecule has 3 unspecified atom stereocenters. The lowest BCUT2D eigenvalue weighted by Crippen LogP contribution is -2.31. The monoisotopic (exact) mass is 296 g/mol. The molecule has 0 saturated heterocycles. The molecule has 112 valence electrons. The number of nitrogens with one attached hydrogen (secondary N) is 2. The molecule has 2 N–H and O–H groups in total. The average Bonchev–Trinajstić information content (AvgIpc) is 2.43. The summed E-state index contributed by atoms with van der Waals surface area (Å²) in [5, 5.41) is 3.42. The Balaban J connectivity index is 2.18. The maximum absolute atomic E-state index is 12.0. The van der Waals surface area contributed by atoms with Crippen LogP contribution in [-0.4, -0.2) is 21.5 Å². The summed E-state index contributed by atoms with van der Waals surface area (Å²) in [6, 6.07) is 7.46. The summed E-state index contributed by atoms with van der Waals surface area (Å²) in [6.07, 6.45) is 3.38. The van der Waals surface area contributed by atoms with Gasteiger partial charge in [-0.1, -0.05) is 26.0 Å². The average molecular weight is 296 g/mol. The first-order valence-corrected chi connectivity index (χ1v) is 8.71. The summed E-state index contributed by atoms with van der Waals surface area (Å²) in [5.41, 5.74) is 0.702. The van der Waals surface area contributed by atoms with Crippen molar-refractivity contribution >= 4 is 15.7 Å². The van der Waals surface area contributed by atoms with E-state index in [0.717, 1.165) is 18.8 Å². The second-order valence-corrected chi connectivity index (χ2v) is 7.67. The molecule has 1 saturated carbocycles. The predicted octanol–water partition coefficient (Wildman–Crippen LogP) is 2.83. The minimum atomic E-state index is -3.42. The minimum Gasteiger partial charge on any atom is -0.381 e. The van der Waals surface area contributed by atoms with Crippen LogP contribution < -0.4 is 10.0 Å². The molecule has 2 rings (SSSR count). The molecule has 0 heterocycles. The van der Waals surface area contributed by atoms with Gasteiger partial charge in [-0.05, 0) is 50.3 Å². The molecular weight excluding hydrogens is 272 g/mol. The summed E-state index contributed by atoms with van der Waals surface area (Å²) in [4.78, 5) is 0.328. The molecular formula is C15H24N2O2S. The molecule has 0 bridgehead atoms. The maximum atomic E-state index is 12.0. The third-order valence-electron chi connectivity index (χ3n) is 4.40. The number of para-hydroxylation sites is 1. The Morgan fingerprint density at radius 2 is 1.80 bits per heavy atom. The molecule has 0 spiro atoms. The number of rotatable bonds is 4. The van der Waals surface area contributed by atoms with E-state index in [4.69, 9.17) is 0 Å². The highest BCUT2D eigenvalue weighted by Crippen LogP contribution is 2.32. The molecule has 0 aliphatic heterocycles. The van der Waals surface area contributed by atoms with Crippen molar-refractivity contribution < 1.29 is 8.42 Å². The van der Waals surface area contributed by atoms with Crippen molar-refractivity contribution in [2.24, 2.45) is 11.8 Å². The van der Waals surface area contributed by atoms with Crippen molar-refractivity contribution in [1.29, 1.82) is 0 Å². The minimum absolute atomic E-state index is 0.328. The number of benzene rings is 1. The highest BCUT2D eigenvalue weighted by molar-refractivity contribution is 7.89. The zero-order valence-corrected chi connectivity index (χ0v) is 13.2. The molecule has 1 aliphatic carbocycles. The van der Waals surface area contributed by atoms with E-state index >= 15 is 0 Å². The van der Waals surface area contributed by atoms with Crippen molar-refractivity contribution in [2.45, 2.75) is 44.0 Å². The number of anilines is 1. The normalized spacial score (nSPS) is 27.2. The molecule has 20 heavy (non-hydrogen) atoms. The fraction of sp³-hybridized carbons (Fsp3) is 0.600. The van der Waals surface area contributed by atoms with Crippen molar-refractivity contribution in [2.75, 3.05) is 12.4 Å². The Labute approximate surface area is 122 Å². The Bertz CT molecular complexity index is 557. The summed E-state index contributed by atoms with van der Waals surface area (Å²) in [6.45, 7) is 4.56. The van der Waals surface area contributed by atoms with Gasteiger partial charge in [0, 0.05) is 6.04 Å². The van der Waals surface area contributed by atoms with Crippen LogP contribution in [0.2, 0.25) is 0 Å². The Morgan fingerprint density at radius 3 is 2.45 bits per heavy atom. The summed E-state index contributed by atoms with van der Waals surface area (Å²) in [5.74, 6) is 1.43. The van der Waals surface area contributed by atoms with E-state index < -0.39 is 10.0 Å². The molecule has 1 aromatic rings. The van der Waals surface area contributed by atoms with Gasteiger partial charge in [-0.3, -0.25) is 0 Å². The first-order valence-electron chi connectivity index (χ1n) is 7.23. The van der Waals surface area contributed by atoms with E-state index in [1.54, 1.807) is 12.1 Å². The quantitative estimate of drug-likeness (QED) is 0.898. The van der Waals surface area contributed by atoms with Crippen LogP contribution in [0.3, 0.4) is 0 Å². The molecule has 0 amide bonds. The number of hydrogen-bond acceptors (Lipinski definition) is 3. The topological polar surface area (TPSA) is 58.2 Å². The fourth-order valence-corrected chi connectivity index (χ4v) is 3.72. The van der Waals surface area contributed by atoms with Gasteiger partial charge in [0.25, 0.3) is 0 Å². The largest absolute Gasteiger partial charge is 0.381 e. The highest BCUT2D eigenvalue weighted by atomic mass is 32.2. The molecule has 5 heteroatoms. The van der Waals surface area contributed by atoms with Crippen LogP contribution in [0.4, 0.5) is 5.69 Å². The van der Waals surface area contributed by atoms with Crippen molar-refractivity contribution in [3.05, 3.63) is 24.3 Å². The second kappa shape index (κ2) is 6.14. The van der Waals surface area contributed by atoms with Crippen LogP contribution in [0.5, 0.6) is 0 Å². The SMILES string of the molecule is CNS(=O)(=O)c1ccccc1NC1CCC(C)C(C)C1. The zero-order valence-electron chi connectivity index (χ0n) is 12.4. The molecule has 1 aliphatic rings. The smallest absolute Gasteiger partial charge is 0.242 e. The third kappa shape index (κ3) is 3.33. The van der Waals surface area contributed by atoms with Crippen LogP contribution in [0, 0.1) is 11.8 Å². The van der Waals surface area contributed by atoms with Crippen LogP contribution in [-0.2, 0) is 10.0 Å². The van der Waals surface area contributed by atoms with Gasteiger partial charge >= 0.3 is 0 Å². The van der Waals surface area contributed by atoms with Gasteiger partial charge in [-0.2, -0.15) is 0 Å². The van der Waals surface area contributed by atoms with Gasteiger partial charge in [0.2, 0.25) is 10.0 Å². The van der Waals surface area contributed by atoms with Crippen LogP contribution in [0.25, 0.3) is 0 Å². The number of sulfonamides is 1. The maximum Gasteiger partial charge on any atom is 0.242 e. The Kier molecular flexibility index (Phi) is 4.70. The van der Waals surface area contributed by atoms with Gasteiger partial charge < -0.3 is 5.32 Å². The van der Waals surface area contributed by atoms with E-state index in [-0.39, 0.29) is 0 Å². The first kappa shape index (κ1) is 15.3. The van der Waals surface area contributed by atoms with Gasteiger partial charge in [0.15, 0.2) is 0 Å². The van der Waals surface area contributed by atoms with Crippen molar-refractivity contribution in [3.8, 4) is 0 Å². The van der Waals surface area contributed by atoms with E-state index in [1.165, 1.54) is 13.5 Å². The number of hydrogen-bond donors (Lipinski definition) is 2. The third-order valence-corrected chi connectivity index (χ3v) is 5.88. The van der Waals surface area contributed by atoms with Crippen molar-refractivity contribution in [3.63, 3.8) is 0 Å². The van der Waals surface area contributed by atoms with Gasteiger partial charge in [-0.15, -0.1) is 0 Å². The standard InChI is InChI=1S/C15H24N2O2S/c1-11-8-9-13(10-12(11)2)17-14-6-4-5-7-15(14)20(18,19)16-3/h4-7,11-13,16-17H,8-10H2,1-3H3. The zero-order chi connectivity index (χ0) is 14.8. The lowest BCUT2D eigenvalue weighted by Gasteiger charge is -2.33. The molecule has 0 radical (unpaired) electrons. The van der Waals surface area contributed by atoms with E-state index in [1.807, 2.05) is 12.1 Å². The van der Waals surface area contributed by atoms with Gasteiger partial charge in [0.1, 0.15) is 4.90 Å². The lowest BCUT2D eigenvalue weighted by molar-refractivity contribution is 0.260. The van der Waals surface area contributed by atoms with Crippen LogP contribution >= 0.6 is 0 Å². The Hall–Kier alpha value is -1.07. The van der Waals surface area contributed by atoms with Crippen LogP contribution in [0.1, 0.15) is 33.1 Å². The van der Waals surface area contributed by atoms with E-state index in [0.29, 0.717) is 22.5 Å². The molecule has 1 aromatic carbocycles. The molecule has 3 atom stereocenters. The summed E-state index contributed by atoms with van der Waals surface area (Å²) >= 11 is 0. The van der Waals surface area contributed by atoms with Crippen molar-refractivity contribution in [1.82, 2.24) is 4.72 Å².